The van der Waals surface area contributed by atoms with Crippen LogP contribution in [-0.2, 0) is 21.4 Å². The van der Waals surface area contributed by atoms with Crippen LogP contribution in [0.4, 0.5) is 0 Å². The van der Waals surface area contributed by atoms with Crippen LogP contribution in [-0.4, -0.2) is 63.0 Å². The molecule has 1 aromatic heterocycles. The van der Waals surface area contributed by atoms with Crippen LogP contribution in [0, 0.1) is 12.8 Å². The number of piperidine rings is 1. The number of aromatic nitrogens is 1. The first-order valence-electron chi connectivity index (χ1n) is 10.4. The standard InChI is InChI=1S/C22H30N4O5S/c1-16-21(20(31-24-16)11-13-25(2)3)32(28,29)26-12-5-6-18(15-26)22(27)23-14-17-7-9-19(30-4)10-8-17/h7-11,13,18H,5-6,12,14-15H2,1-4H3,(H,23,27)/b13-11+/t18-/m0/s1. The summed E-state index contributed by atoms with van der Waals surface area (Å²) in [5, 5.41) is 6.77. The molecule has 3 rings (SSSR count). The molecule has 0 bridgehead atoms. The number of carbonyl (C=O) groups excluding carboxylic acids is 1. The lowest BCUT2D eigenvalue weighted by Crippen LogP contribution is -2.45. The molecule has 32 heavy (non-hydrogen) atoms. The third-order valence-corrected chi connectivity index (χ3v) is 7.36. The van der Waals surface area contributed by atoms with Gasteiger partial charge in [0.1, 0.15) is 11.4 Å². The number of rotatable bonds is 8. The fourth-order valence-corrected chi connectivity index (χ4v) is 5.37. The number of nitrogens with zero attached hydrogens (tertiary/aromatic N) is 3. The lowest BCUT2D eigenvalue weighted by Gasteiger charge is -2.31. The first kappa shape index (κ1) is 23.8. The number of hydrogen-bond acceptors (Lipinski definition) is 7. The van der Waals surface area contributed by atoms with Gasteiger partial charge in [0.15, 0.2) is 10.7 Å². The van der Waals surface area contributed by atoms with Crippen molar-refractivity contribution in [3.05, 3.63) is 47.5 Å². The van der Waals surface area contributed by atoms with E-state index in [1.807, 2.05) is 38.4 Å². The van der Waals surface area contributed by atoms with Crippen LogP contribution in [0.15, 0.2) is 39.9 Å². The van der Waals surface area contributed by atoms with Crippen LogP contribution >= 0.6 is 0 Å². The van der Waals surface area contributed by atoms with Gasteiger partial charge in [-0.1, -0.05) is 17.3 Å². The Labute approximate surface area is 189 Å². The highest BCUT2D eigenvalue weighted by atomic mass is 32.2. The fraction of sp³-hybridized carbons (Fsp3) is 0.455. The molecule has 0 unspecified atom stereocenters. The molecule has 0 aliphatic carbocycles. The van der Waals surface area contributed by atoms with Gasteiger partial charge >= 0.3 is 0 Å². The lowest BCUT2D eigenvalue weighted by atomic mass is 9.99. The Bertz CT molecular complexity index is 1060. The van der Waals surface area contributed by atoms with E-state index in [1.54, 1.807) is 31.2 Å². The maximum absolute atomic E-state index is 13.4. The Morgan fingerprint density at radius 3 is 2.72 bits per heavy atom. The van der Waals surface area contributed by atoms with Crippen molar-refractivity contribution in [1.29, 1.82) is 0 Å². The fourth-order valence-electron chi connectivity index (χ4n) is 3.60. The smallest absolute Gasteiger partial charge is 0.248 e. The van der Waals surface area contributed by atoms with Crippen molar-refractivity contribution in [3.8, 4) is 5.75 Å². The second-order valence-electron chi connectivity index (χ2n) is 8.01. The molecule has 9 nitrogen and oxygen atoms in total. The highest BCUT2D eigenvalue weighted by Crippen LogP contribution is 2.29. The number of amides is 1. The monoisotopic (exact) mass is 462 g/mol. The minimum Gasteiger partial charge on any atom is -0.497 e. The zero-order valence-corrected chi connectivity index (χ0v) is 19.7. The molecule has 1 aliphatic heterocycles. The average Bonchev–Trinajstić information content (AvgIpc) is 3.17. The molecule has 1 aromatic carbocycles. The van der Waals surface area contributed by atoms with Gasteiger partial charge in [0.25, 0.3) is 0 Å². The van der Waals surface area contributed by atoms with Gasteiger partial charge in [-0.05, 0) is 37.5 Å². The highest BCUT2D eigenvalue weighted by Gasteiger charge is 2.36. The molecule has 0 radical (unpaired) electrons. The van der Waals surface area contributed by atoms with E-state index in [1.165, 1.54) is 4.31 Å². The van der Waals surface area contributed by atoms with Crippen LogP contribution < -0.4 is 10.1 Å². The second kappa shape index (κ2) is 10.2. The van der Waals surface area contributed by atoms with Gasteiger partial charge in [-0.25, -0.2) is 8.42 Å². The van der Waals surface area contributed by atoms with Gasteiger partial charge in [-0.3, -0.25) is 4.79 Å². The van der Waals surface area contributed by atoms with Crippen molar-refractivity contribution >= 4 is 22.0 Å². The quantitative estimate of drug-likeness (QED) is 0.641. The number of hydrogen-bond donors (Lipinski definition) is 1. The first-order chi connectivity index (χ1) is 15.2. The van der Waals surface area contributed by atoms with Crippen LogP contribution in [0.1, 0.15) is 29.9 Å². The Morgan fingerprint density at radius 2 is 2.06 bits per heavy atom. The predicted octanol–water partition coefficient (Wildman–Crippen LogP) is 2.24. The topological polar surface area (TPSA) is 105 Å². The van der Waals surface area contributed by atoms with E-state index in [0.717, 1.165) is 11.3 Å². The Balaban J connectivity index is 1.69. The molecule has 2 heterocycles. The summed E-state index contributed by atoms with van der Waals surface area (Å²) in [5.74, 6) is 0.354. The third-order valence-electron chi connectivity index (χ3n) is 5.34. The summed E-state index contributed by atoms with van der Waals surface area (Å²) >= 11 is 0. The molecule has 174 valence electrons. The minimum atomic E-state index is -3.86. The molecule has 1 N–H and O–H groups in total. The number of carbonyl (C=O) groups is 1. The molecule has 2 aromatic rings. The Kier molecular flexibility index (Phi) is 7.57. The molecular weight excluding hydrogens is 432 g/mol. The van der Waals surface area contributed by atoms with Crippen molar-refractivity contribution in [1.82, 2.24) is 19.7 Å². The zero-order chi connectivity index (χ0) is 23.3. The summed E-state index contributed by atoms with van der Waals surface area (Å²) < 4.78 is 38.5. The van der Waals surface area contributed by atoms with Gasteiger partial charge in [0.2, 0.25) is 15.9 Å². The van der Waals surface area contributed by atoms with E-state index >= 15 is 0 Å². The maximum Gasteiger partial charge on any atom is 0.248 e. The number of methoxy groups -OCH3 is 1. The summed E-state index contributed by atoms with van der Waals surface area (Å²) in [6.45, 7) is 2.45. The zero-order valence-electron chi connectivity index (χ0n) is 18.9. The van der Waals surface area contributed by atoms with E-state index in [4.69, 9.17) is 9.26 Å². The largest absolute Gasteiger partial charge is 0.497 e. The molecule has 10 heteroatoms. The number of nitrogens with one attached hydrogen (secondary N) is 1. The van der Waals surface area contributed by atoms with E-state index in [0.29, 0.717) is 31.6 Å². The van der Waals surface area contributed by atoms with Gasteiger partial charge in [0.05, 0.1) is 13.0 Å². The van der Waals surface area contributed by atoms with Crippen LogP contribution in [0.2, 0.25) is 0 Å². The molecule has 1 fully saturated rings. The Morgan fingerprint density at radius 1 is 1.34 bits per heavy atom. The van der Waals surface area contributed by atoms with E-state index in [-0.39, 0.29) is 23.1 Å². The van der Waals surface area contributed by atoms with Gasteiger partial charge in [-0.15, -0.1) is 0 Å². The van der Waals surface area contributed by atoms with Crippen LogP contribution in [0.5, 0.6) is 5.75 Å². The van der Waals surface area contributed by atoms with Crippen molar-refractivity contribution in [3.63, 3.8) is 0 Å². The van der Waals surface area contributed by atoms with Gasteiger partial charge in [0, 0.05) is 46.0 Å². The van der Waals surface area contributed by atoms with Crippen molar-refractivity contribution < 1.29 is 22.5 Å². The molecular formula is C22H30N4O5S. The number of benzene rings is 1. The number of aryl methyl sites for hydroxylation is 1. The maximum atomic E-state index is 13.4. The van der Waals surface area contributed by atoms with Crippen LogP contribution in [0.25, 0.3) is 6.08 Å². The molecule has 1 saturated heterocycles. The third kappa shape index (κ3) is 5.49. The SMILES string of the molecule is COc1ccc(CNC(=O)[C@H]2CCCN(S(=O)(=O)c3c(C)noc3/C=C/N(C)C)C2)cc1. The number of ether oxygens (including phenoxy) is 1. The molecule has 0 spiro atoms. The van der Waals surface area contributed by atoms with Gasteiger partial charge < -0.3 is 19.5 Å². The lowest BCUT2D eigenvalue weighted by molar-refractivity contribution is -0.126. The van der Waals surface area contributed by atoms with Crippen molar-refractivity contribution in [2.45, 2.75) is 31.2 Å². The van der Waals surface area contributed by atoms with E-state index in [2.05, 4.69) is 10.5 Å². The normalized spacial score (nSPS) is 17.4. The first-order valence-corrected chi connectivity index (χ1v) is 11.9. The van der Waals surface area contributed by atoms with E-state index < -0.39 is 15.9 Å². The Hall–Kier alpha value is -2.85. The summed E-state index contributed by atoms with van der Waals surface area (Å²) in [6.07, 6.45) is 4.52. The number of sulfonamides is 1. The minimum absolute atomic E-state index is 0.0508. The van der Waals surface area contributed by atoms with Gasteiger partial charge in [-0.2, -0.15) is 4.31 Å². The van der Waals surface area contributed by atoms with Crippen molar-refractivity contribution in [2.24, 2.45) is 5.92 Å². The molecule has 0 saturated carbocycles. The summed E-state index contributed by atoms with van der Waals surface area (Å²) in [6, 6.07) is 7.43. The van der Waals surface area contributed by atoms with Crippen LogP contribution in [0.3, 0.4) is 0 Å². The van der Waals surface area contributed by atoms with E-state index in [9.17, 15) is 13.2 Å². The summed E-state index contributed by atoms with van der Waals surface area (Å²) in [5.41, 5.74) is 1.24. The molecule has 1 atom stereocenters. The average molecular weight is 463 g/mol. The predicted molar refractivity (Wildman–Crippen MR) is 120 cm³/mol. The molecule has 1 aliphatic rings. The summed E-state index contributed by atoms with van der Waals surface area (Å²) in [7, 11) is 1.40. The van der Waals surface area contributed by atoms with Crippen molar-refractivity contribution in [2.75, 3.05) is 34.3 Å². The summed E-state index contributed by atoms with van der Waals surface area (Å²) in [4.78, 5) is 14.6. The second-order valence-corrected chi connectivity index (χ2v) is 9.88. The highest BCUT2D eigenvalue weighted by molar-refractivity contribution is 7.89. The molecule has 1 amide bonds.